The van der Waals surface area contributed by atoms with Gasteiger partial charge in [0.2, 0.25) is 0 Å². The molecule has 4 fully saturated rings. The van der Waals surface area contributed by atoms with E-state index in [9.17, 15) is 5.11 Å². The van der Waals surface area contributed by atoms with E-state index in [0.29, 0.717) is 16.7 Å². The normalized spacial score (nSPS) is 50.3. The molecule has 4 aliphatic rings. The van der Waals surface area contributed by atoms with Crippen molar-refractivity contribution in [2.45, 2.75) is 111 Å². The number of allylic oxidation sites excluding steroid dienone is 1. The van der Waals surface area contributed by atoms with E-state index in [4.69, 9.17) is 0 Å². The first-order valence-electron chi connectivity index (χ1n) is 13.0. The molecular formula is C28H48O. The molecule has 0 bridgehead atoms. The van der Waals surface area contributed by atoms with E-state index in [2.05, 4.69) is 41.2 Å². The Balaban J connectivity index is 1.48. The fourth-order valence-corrected chi connectivity index (χ4v) is 9.61. The van der Waals surface area contributed by atoms with Crippen molar-refractivity contribution in [2.75, 3.05) is 0 Å². The largest absolute Gasteiger partial charge is 0.393 e. The van der Waals surface area contributed by atoms with Gasteiger partial charge in [-0.3, -0.25) is 0 Å². The van der Waals surface area contributed by atoms with Crippen LogP contribution in [0.1, 0.15) is 105 Å². The Labute approximate surface area is 181 Å². The quantitative estimate of drug-likeness (QED) is 0.470. The zero-order valence-electron chi connectivity index (χ0n) is 20.1. The molecular weight excluding hydrogens is 352 g/mol. The van der Waals surface area contributed by atoms with E-state index in [0.717, 1.165) is 41.9 Å². The summed E-state index contributed by atoms with van der Waals surface area (Å²) in [6.07, 6.45) is 14.9. The molecule has 0 aliphatic heterocycles. The first kappa shape index (κ1) is 21.9. The van der Waals surface area contributed by atoms with Crippen molar-refractivity contribution >= 4 is 0 Å². The highest BCUT2D eigenvalue weighted by Crippen LogP contribution is 2.68. The molecule has 10 atom stereocenters. The predicted octanol–water partition coefficient (Wildman–Crippen LogP) is 7.63. The standard InChI is InChI=1S/C28H48O/c1-18(2)8-7-9-19(3)22-12-13-24-21-10-11-23-20(4)26(29)15-17-28(23,6)25(21)14-16-27(22,24)5/h19-26,29H,1,7-17H2,2-6H3/t19-,20+,21+,22-,23?,24+,25+,26+,27-,28+/m1/s1. The molecule has 0 aromatic heterocycles. The van der Waals surface area contributed by atoms with E-state index in [1.807, 2.05) is 0 Å². The van der Waals surface area contributed by atoms with Gasteiger partial charge in [0.05, 0.1) is 6.10 Å². The van der Waals surface area contributed by atoms with Crippen molar-refractivity contribution in [3.8, 4) is 0 Å². The maximum absolute atomic E-state index is 10.5. The third kappa shape index (κ3) is 3.56. The predicted molar refractivity (Wildman–Crippen MR) is 124 cm³/mol. The van der Waals surface area contributed by atoms with Crippen molar-refractivity contribution in [1.29, 1.82) is 0 Å². The maximum atomic E-state index is 10.5. The summed E-state index contributed by atoms with van der Waals surface area (Å²) in [5.41, 5.74) is 2.44. The summed E-state index contributed by atoms with van der Waals surface area (Å²) in [5, 5.41) is 10.5. The van der Waals surface area contributed by atoms with Crippen molar-refractivity contribution in [2.24, 2.45) is 52.3 Å². The molecule has 1 N–H and O–H groups in total. The SMILES string of the molecule is C=C(C)CCC[C@@H](C)[C@H]1CC[C@H]2[C@@H]3CCC4[C@H](C)[C@@H](O)CC[C@]4(C)[C@H]3CC[C@]12C. The molecule has 0 aromatic carbocycles. The van der Waals surface area contributed by atoms with E-state index >= 15 is 0 Å². The minimum absolute atomic E-state index is 0.0469. The summed E-state index contributed by atoms with van der Waals surface area (Å²) in [6, 6.07) is 0. The van der Waals surface area contributed by atoms with Gasteiger partial charge in [0.25, 0.3) is 0 Å². The van der Waals surface area contributed by atoms with Crippen molar-refractivity contribution < 1.29 is 5.11 Å². The summed E-state index contributed by atoms with van der Waals surface area (Å²) < 4.78 is 0. The molecule has 4 aliphatic carbocycles. The van der Waals surface area contributed by atoms with Gasteiger partial charge in [-0.2, -0.15) is 0 Å². The van der Waals surface area contributed by atoms with Crippen LogP contribution in [-0.2, 0) is 0 Å². The van der Waals surface area contributed by atoms with Gasteiger partial charge in [0, 0.05) is 0 Å². The van der Waals surface area contributed by atoms with Gasteiger partial charge in [-0.25, -0.2) is 0 Å². The number of hydrogen-bond acceptors (Lipinski definition) is 1. The van der Waals surface area contributed by atoms with Gasteiger partial charge < -0.3 is 5.11 Å². The summed E-state index contributed by atoms with van der Waals surface area (Å²) in [4.78, 5) is 0. The first-order valence-corrected chi connectivity index (χ1v) is 13.0. The lowest BCUT2D eigenvalue weighted by atomic mass is 9.43. The summed E-state index contributed by atoms with van der Waals surface area (Å²) in [5.74, 6) is 5.93. The lowest BCUT2D eigenvalue weighted by Gasteiger charge is -2.62. The molecule has 0 aromatic rings. The van der Waals surface area contributed by atoms with Crippen LogP contribution in [0.5, 0.6) is 0 Å². The molecule has 0 heterocycles. The van der Waals surface area contributed by atoms with E-state index in [1.54, 1.807) is 0 Å². The topological polar surface area (TPSA) is 20.2 Å². The van der Waals surface area contributed by atoms with E-state index in [1.165, 1.54) is 69.8 Å². The lowest BCUT2D eigenvalue weighted by molar-refractivity contribution is -0.149. The Morgan fingerprint density at radius 2 is 1.62 bits per heavy atom. The van der Waals surface area contributed by atoms with Crippen LogP contribution in [0.15, 0.2) is 12.2 Å². The van der Waals surface area contributed by atoms with Gasteiger partial charge >= 0.3 is 0 Å². The molecule has 0 amide bonds. The number of fused-ring (bicyclic) bond motifs is 5. The smallest absolute Gasteiger partial charge is 0.0568 e. The van der Waals surface area contributed by atoms with Crippen LogP contribution in [-0.4, -0.2) is 11.2 Å². The molecule has 29 heavy (non-hydrogen) atoms. The lowest BCUT2D eigenvalue weighted by Crippen LogP contribution is -2.56. The summed E-state index contributed by atoms with van der Waals surface area (Å²) in [7, 11) is 0. The van der Waals surface area contributed by atoms with Crippen LogP contribution in [0.2, 0.25) is 0 Å². The van der Waals surface area contributed by atoms with Gasteiger partial charge in [0.15, 0.2) is 0 Å². The molecule has 1 nitrogen and oxygen atoms in total. The highest BCUT2D eigenvalue weighted by Gasteiger charge is 2.61. The molecule has 4 rings (SSSR count). The molecule has 166 valence electrons. The Morgan fingerprint density at radius 3 is 2.34 bits per heavy atom. The number of aliphatic hydroxyl groups excluding tert-OH is 1. The molecule has 0 spiro atoms. The third-order valence-electron chi connectivity index (χ3n) is 11.2. The van der Waals surface area contributed by atoms with Crippen LogP contribution in [0.25, 0.3) is 0 Å². The van der Waals surface area contributed by atoms with Gasteiger partial charge in [-0.05, 0) is 123 Å². The zero-order chi connectivity index (χ0) is 21.0. The molecule has 4 saturated carbocycles. The highest BCUT2D eigenvalue weighted by atomic mass is 16.3. The average Bonchev–Trinajstić information content (AvgIpc) is 3.02. The molecule has 0 radical (unpaired) electrons. The Bertz CT molecular complexity index is 609. The van der Waals surface area contributed by atoms with Crippen LogP contribution >= 0.6 is 0 Å². The second kappa shape index (κ2) is 7.99. The third-order valence-corrected chi connectivity index (χ3v) is 11.2. The van der Waals surface area contributed by atoms with Gasteiger partial charge in [-0.15, -0.1) is 6.58 Å². The Kier molecular flexibility index (Phi) is 6.04. The highest BCUT2D eigenvalue weighted by molar-refractivity contribution is 5.10. The first-order chi connectivity index (χ1) is 13.7. The maximum Gasteiger partial charge on any atom is 0.0568 e. The van der Waals surface area contributed by atoms with Crippen LogP contribution < -0.4 is 0 Å². The van der Waals surface area contributed by atoms with Crippen LogP contribution in [0.3, 0.4) is 0 Å². The van der Waals surface area contributed by atoms with Crippen molar-refractivity contribution in [3.05, 3.63) is 12.2 Å². The minimum atomic E-state index is -0.0469. The Hall–Kier alpha value is -0.300. The fourth-order valence-electron chi connectivity index (χ4n) is 9.61. The number of rotatable bonds is 5. The number of hydrogen-bond donors (Lipinski definition) is 1. The van der Waals surface area contributed by atoms with Crippen molar-refractivity contribution in [1.82, 2.24) is 0 Å². The van der Waals surface area contributed by atoms with Crippen molar-refractivity contribution in [3.63, 3.8) is 0 Å². The van der Waals surface area contributed by atoms with Gasteiger partial charge in [0.1, 0.15) is 0 Å². The minimum Gasteiger partial charge on any atom is -0.393 e. The van der Waals surface area contributed by atoms with Crippen LogP contribution in [0, 0.1) is 52.3 Å². The average molecular weight is 401 g/mol. The second-order valence-electron chi connectivity index (χ2n) is 12.6. The van der Waals surface area contributed by atoms with E-state index in [-0.39, 0.29) is 6.10 Å². The fraction of sp³-hybridized carbons (Fsp3) is 0.929. The monoisotopic (exact) mass is 400 g/mol. The molecule has 1 heteroatoms. The Morgan fingerprint density at radius 1 is 0.966 bits per heavy atom. The summed E-state index contributed by atoms with van der Waals surface area (Å²) in [6.45, 7) is 16.5. The number of aliphatic hydroxyl groups is 1. The second-order valence-corrected chi connectivity index (χ2v) is 12.6. The molecule has 0 saturated heterocycles. The summed E-state index contributed by atoms with van der Waals surface area (Å²) >= 11 is 0. The zero-order valence-corrected chi connectivity index (χ0v) is 20.1. The van der Waals surface area contributed by atoms with E-state index < -0.39 is 0 Å². The van der Waals surface area contributed by atoms with Gasteiger partial charge in [-0.1, -0.05) is 39.7 Å². The van der Waals surface area contributed by atoms with Crippen LogP contribution in [0.4, 0.5) is 0 Å². The molecule has 1 unspecified atom stereocenters.